The largest absolute Gasteiger partial charge is 0.384 e. The van der Waals surface area contributed by atoms with Crippen LogP contribution >= 0.6 is 11.8 Å². The number of carbonyl (C=O) groups is 1. The van der Waals surface area contributed by atoms with Crippen molar-refractivity contribution in [2.45, 2.75) is 38.3 Å². The highest BCUT2D eigenvalue weighted by molar-refractivity contribution is 7.99. The molecule has 5 nitrogen and oxygen atoms in total. The summed E-state index contributed by atoms with van der Waals surface area (Å²) in [5.74, 6) is 1.10. The summed E-state index contributed by atoms with van der Waals surface area (Å²) in [4.78, 5) is 20.4. The second kappa shape index (κ2) is 7.97. The van der Waals surface area contributed by atoms with Crippen molar-refractivity contribution in [3.05, 3.63) is 41.6 Å². The Labute approximate surface area is 141 Å². The highest BCUT2D eigenvalue weighted by atomic mass is 32.2. The molecule has 0 aliphatic carbocycles. The van der Waals surface area contributed by atoms with Crippen LogP contribution in [-0.2, 0) is 4.79 Å². The van der Waals surface area contributed by atoms with Gasteiger partial charge in [-0.2, -0.15) is 0 Å². The van der Waals surface area contributed by atoms with Gasteiger partial charge in [0.05, 0.1) is 5.75 Å². The molecule has 1 heterocycles. The zero-order valence-electron chi connectivity index (χ0n) is 13.7. The zero-order chi connectivity index (χ0) is 16.8. The number of nitrogen functional groups attached to an aromatic ring is 1. The molecule has 0 saturated carbocycles. The van der Waals surface area contributed by atoms with Crippen molar-refractivity contribution in [3.8, 4) is 0 Å². The lowest BCUT2D eigenvalue weighted by Crippen LogP contribution is -2.14. The van der Waals surface area contributed by atoms with Gasteiger partial charge >= 0.3 is 0 Å². The number of carbonyl (C=O) groups excluding carboxylic acids is 1. The Kier molecular flexibility index (Phi) is 5.98. The Morgan fingerprint density at radius 3 is 2.61 bits per heavy atom. The smallest absolute Gasteiger partial charge is 0.234 e. The number of anilines is 2. The molecule has 2 aromatic rings. The number of nitrogens with one attached hydrogen (secondary N) is 1. The van der Waals surface area contributed by atoms with Crippen LogP contribution in [-0.4, -0.2) is 21.6 Å². The molecular weight excluding hydrogens is 308 g/mol. The number of aromatic nitrogens is 2. The fourth-order valence-electron chi connectivity index (χ4n) is 2.09. The van der Waals surface area contributed by atoms with Crippen LogP contribution in [0.3, 0.4) is 0 Å². The molecule has 0 saturated heterocycles. The Morgan fingerprint density at radius 2 is 2.00 bits per heavy atom. The summed E-state index contributed by atoms with van der Waals surface area (Å²) in [6.45, 7) is 6.20. The van der Waals surface area contributed by atoms with Crippen molar-refractivity contribution in [2.24, 2.45) is 0 Å². The minimum Gasteiger partial charge on any atom is -0.384 e. The van der Waals surface area contributed by atoms with E-state index in [2.05, 4.69) is 41.3 Å². The monoisotopic (exact) mass is 330 g/mol. The number of amides is 1. The van der Waals surface area contributed by atoms with Crippen LogP contribution in [0.15, 0.2) is 35.5 Å². The number of hydrogen-bond acceptors (Lipinski definition) is 5. The lowest BCUT2D eigenvalue weighted by Gasteiger charge is -2.10. The minimum atomic E-state index is -0.0880. The van der Waals surface area contributed by atoms with E-state index in [0.717, 1.165) is 17.8 Å². The summed E-state index contributed by atoms with van der Waals surface area (Å²) in [6, 6.07) is 9.68. The highest BCUT2D eigenvalue weighted by Gasteiger charge is 2.08. The molecule has 1 aromatic carbocycles. The fourth-order valence-corrected chi connectivity index (χ4v) is 2.80. The van der Waals surface area contributed by atoms with Gasteiger partial charge in [0, 0.05) is 17.4 Å². The van der Waals surface area contributed by atoms with Gasteiger partial charge in [0.2, 0.25) is 5.91 Å². The maximum Gasteiger partial charge on any atom is 0.234 e. The Balaban J connectivity index is 1.89. The van der Waals surface area contributed by atoms with Crippen molar-refractivity contribution in [3.63, 3.8) is 0 Å². The third-order valence-electron chi connectivity index (χ3n) is 3.56. The quantitative estimate of drug-likeness (QED) is 0.624. The lowest BCUT2D eigenvalue weighted by molar-refractivity contribution is -0.113. The van der Waals surface area contributed by atoms with Gasteiger partial charge in [-0.1, -0.05) is 37.7 Å². The molecule has 0 spiro atoms. The Hall–Kier alpha value is -2.08. The molecule has 1 aromatic heterocycles. The molecule has 0 fully saturated rings. The van der Waals surface area contributed by atoms with Gasteiger partial charge in [0.15, 0.2) is 5.16 Å². The van der Waals surface area contributed by atoms with Crippen LogP contribution in [0.25, 0.3) is 0 Å². The molecule has 122 valence electrons. The second-order valence-corrected chi connectivity index (χ2v) is 6.43. The average molecular weight is 330 g/mol. The van der Waals surface area contributed by atoms with Gasteiger partial charge in [0.1, 0.15) is 5.82 Å². The molecule has 0 aliphatic heterocycles. The molecule has 0 aliphatic rings. The predicted octanol–water partition coefficient (Wildman–Crippen LogP) is 3.61. The van der Waals surface area contributed by atoms with Gasteiger partial charge in [-0.15, -0.1) is 0 Å². The van der Waals surface area contributed by atoms with E-state index in [1.54, 1.807) is 6.07 Å². The first-order chi connectivity index (χ1) is 11.0. The van der Waals surface area contributed by atoms with E-state index < -0.39 is 0 Å². The fraction of sp³-hybridized carbons (Fsp3) is 0.353. The van der Waals surface area contributed by atoms with Gasteiger partial charge in [-0.05, 0) is 37.0 Å². The molecule has 3 N–H and O–H groups in total. The minimum absolute atomic E-state index is 0.0880. The molecule has 6 heteroatoms. The van der Waals surface area contributed by atoms with Crippen LogP contribution in [0.4, 0.5) is 11.5 Å². The number of rotatable bonds is 6. The van der Waals surface area contributed by atoms with Crippen LogP contribution in [0.2, 0.25) is 0 Å². The third kappa shape index (κ3) is 5.25. The van der Waals surface area contributed by atoms with Crippen molar-refractivity contribution in [1.29, 1.82) is 0 Å². The number of nitrogens with two attached hydrogens (primary N) is 1. The lowest BCUT2D eigenvalue weighted by atomic mass is 9.99. The first-order valence-electron chi connectivity index (χ1n) is 7.61. The number of thioether (sulfide) groups is 1. The molecule has 0 bridgehead atoms. The molecule has 2 rings (SSSR count). The summed E-state index contributed by atoms with van der Waals surface area (Å²) in [6.07, 6.45) is 1.10. The van der Waals surface area contributed by atoms with Crippen molar-refractivity contribution in [1.82, 2.24) is 9.97 Å². The SMILES string of the molecule is CCC(C)c1ccc(NC(=O)CSc2nc(C)cc(N)n2)cc1. The first-order valence-corrected chi connectivity index (χ1v) is 8.60. The predicted molar refractivity (Wildman–Crippen MR) is 95.7 cm³/mol. The van der Waals surface area contributed by atoms with Crippen LogP contribution in [0.1, 0.15) is 37.4 Å². The van der Waals surface area contributed by atoms with E-state index >= 15 is 0 Å². The summed E-state index contributed by atoms with van der Waals surface area (Å²) in [5, 5.41) is 3.40. The average Bonchev–Trinajstić information content (AvgIpc) is 2.52. The number of benzene rings is 1. The van der Waals surface area contributed by atoms with E-state index in [9.17, 15) is 4.79 Å². The third-order valence-corrected chi connectivity index (χ3v) is 4.41. The summed E-state index contributed by atoms with van der Waals surface area (Å²) < 4.78 is 0. The van der Waals surface area contributed by atoms with Crippen molar-refractivity contribution >= 4 is 29.2 Å². The number of nitrogens with zero attached hydrogens (tertiary/aromatic N) is 2. The second-order valence-electron chi connectivity index (χ2n) is 5.48. The molecule has 0 radical (unpaired) electrons. The van der Waals surface area contributed by atoms with E-state index in [0.29, 0.717) is 16.9 Å². The van der Waals surface area contributed by atoms with E-state index in [-0.39, 0.29) is 11.7 Å². The molecule has 23 heavy (non-hydrogen) atoms. The maximum absolute atomic E-state index is 12.0. The Bertz CT molecular complexity index is 653. The van der Waals surface area contributed by atoms with Gasteiger partial charge in [-0.25, -0.2) is 9.97 Å². The van der Waals surface area contributed by atoms with E-state index in [4.69, 9.17) is 5.73 Å². The van der Waals surface area contributed by atoms with Crippen molar-refractivity contribution < 1.29 is 4.79 Å². The van der Waals surface area contributed by atoms with Gasteiger partial charge in [-0.3, -0.25) is 4.79 Å². The molecule has 1 amide bonds. The summed E-state index contributed by atoms with van der Waals surface area (Å²) >= 11 is 1.27. The van der Waals surface area contributed by atoms with E-state index in [1.165, 1.54) is 17.3 Å². The van der Waals surface area contributed by atoms with Crippen molar-refractivity contribution in [2.75, 3.05) is 16.8 Å². The summed E-state index contributed by atoms with van der Waals surface area (Å²) in [5.41, 5.74) is 8.55. The van der Waals surface area contributed by atoms with Crippen LogP contribution in [0.5, 0.6) is 0 Å². The summed E-state index contributed by atoms with van der Waals surface area (Å²) in [7, 11) is 0. The topological polar surface area (TPSA) is 80.9 Å². The Morgan fingerprint density at radius 1 is 1.30 bits per heavy atom. The standard InChI is InChI=1S/C17H22N4OS/c1-4-11(2)13-5-7-14(8-6-13)20-16(22)10-23-17-19-12(3)9-15(18)21-17/h5-9,11H,4,10H2,1-3H3,(H,20,22)(H2,18,19,21). The van der Waals surface area contributed by atoms with Crippen LogP contribution < -0.4 is 11.1 Å². The highest BCUT2D eigenvalue weighted by Crippen LogP contribution is 2.21. The normalized spacial score (nSPS) is 12.0. The van der Waals surface area contributed by atoms with E-state index in [1.807, 2.05) is 19.1 Å². The zero-order valence-corrected chi connectivity index (χ0v) is 14.5. The molecule has 1 atom stereocenters. The maximum atomic E-state index is 12.0. The molecular formula is C17H22N4OS. The van der Waals surface area contributed by atoms with Gasteiger partial charge in [0.25, 0.3) is 0 Å². The first kappa shape index (κ1) is 17.3. The number of hydrogen-bond donors (Lipinski definition) is 2. The van der Waals surface area contributed by atoms with Crippen LogP contribution in [0, 0.1) is 6.92 Å². The molecule has 1 unspecified atom stereocenters. The van der Waals surface area contributed by atoms with Gasteiger partial charge < -0.3 is 11.1 Å². The number of aryl methyl sites for hydroxylation is 1.